The molecule has 0 aliphatic carbocycles. The fourth-order valence-corrected chi connectivity index (χ4v) is 2.47. The lowest BCUT2D eigenvalue weighted by Gasteiger charge is -2.30. The van der Waals surface area contributed by atoms with Crippen LogP contribution in [-0.2, 0) is 9.53 Å². The summed E-state index contributed by atoms with van der Waals surface area (Å²) < 4.78 is 10.3. The summed E-state index contributed by atoms with van der Waals surface area (Å²) in [4.78, 5) is 21.2. The van der Waals surface area contributed by atoms with Gasteiger partial charge in [-0.15, -0.1) is 0 Å². The summed E-state index contributed by atoms with van der Waals surface area (Å²) in [6.07, 6.45) is 1.44. The number of carboxylic acids is 1. The highest BCUT2D eigenvalue weighted by Gasteiger charge is 2.38. The summed E-state index contributed by atoms with van der Waals surface area (Å²) in [5, 5.41) is 9.60. The zero-order valence-corrected chi connectivity index (χ0v) is 12.0. The van der Waals surface area contributed by atoms with Crippen LogP contribution in [0.25, 0.3) is 0 Å². The average Bonchev–Trinajstić information content (AvgIpc) is 2.91. The number of ether oxygens (including phenoxy) is 2. The topological polar surface area (TPSA) is 84.8 Å². The van der Waals surface area contributed by atoms with Crippen LogP contribution in [0.15, 0.2) is 6.20 Å². The van der Waals surface area contributed by atoms with Crippen molar-refractivity contribution >= 4 is 23.4 Å². The van der Waals surface area contributed by atoms with Crippen LogP contribution >= 0.6 is 11.6 Å². The van der Waals surface area contributed by atoms with Gasteiger partial charge in [-0.25, -0.2) is 4.98 Å². The van der Waals surface area contributed by atoms with Crippen LogP contribution in [0.5, 0.6) is 6.01 Å². The molecule has 0 radical (unpaired) electrons. The number of halogens is 1. The van der Waals surface area contributed by atoms with Crippen LogP contribution in [0, 0.1) is 5.92 Å². The number of anilines is 1. The van der Waals surface area contributed by atoms with Gasteiger partial charge in [0.2, 0.25) is 0 Å². The molecule has 0 bridgehead atoms. The summed E-state index contributed by atoms with van der Waals surface area (Å²) in [6, 6.07) is -0.122. The standard InChI is InChI=1S/C12H16ClN3O4/c1-3-16(9-6-20-5-7(9)11(17)18)10-8(13)4-14-12(15-10)19-2/h4,7,9H,3,5-6H2,1-2H3,(H,17,18). The van der Waals surface area contributed by atoms with Crippen molar-refractivity contribution in [2.75, 3.05) is 31.8 Å². The number of nitrogens with zero attached hydrogens (tertiary/aromatic N) is 3. The summed E-state index contributed by atoms with van der Waals surface area (Å²) in [6.45, 7) is 2.98. The molecule has 0 amide bonds. The SMILES string of the molecule is CCN(c1nc(OC)ncc1Cl)C1COCC1C(=O)O. The van der Waals surface area contributed by atoms with Crippen molar-refractivity contribution in [3.8, 4) is 6.01 Å². The summed E-state index contributed by atoms with van der Waals surface area (Å²) in [5.74, 6) is -1.03. The largest absolute Gasteiger partial charge is 0.481 e. The van der Waals surface area contributed by atoms with E-state index in [0.29, 0.717) is 24.0 Å². The highest BCUT2D eigenvalue weighted by Crippen LogP contribution is 2.30. The Kier molecular flexibility index (Phi) is 4.61. The monoisotopic (exact) mass is 301 g/mol. The van der Waals surface area contributed by atoms with Crippen molar-refractivity contribution in [3.63, 3.8) is 0 Å². The van der Waals surface area contributed by atoms with E-state index in [1.807, 2.05) is 11.8 Å². The predicted octanol–water partition coefficient (Wildman–Crippen LogP) is 1.06. The van der Waals surface area contributed by atoms with Gasteiger partial charge in [0.1, 0.15) is 10.9 Å². The Morgan fingerprint density at radius 2 is 2.40 bits per heavy atom. The van der Waals surface area contributed by atoms with E-state index >= 15 is 0 Å². The zero-order valence-electron chi connectivity index (χ0n) is 11.2. The van der Waals surface area contributed by atoms with Crippen LogP contribution in [0.1, 0.15) is 6.92 Å². The Morgan fingerprint density at radius 1 is 1.65 bits per heavy atom. The van der Waals surface area contributed by atoms with Gasteiger partial charge in [0.15, 0.2) is 5.82 Å². The molecule has 1 saturated heterocycles. The number of likely N-dealkylation sites (N-methyl/N-ethyl adjacent to an activating group) is 1. The van der Waals surface area contributed by atoms with E-state index in [4.69, 9.17) is 21.1 Å². The lowest BCUT2D eigenvalue weighted by Crippen LogP contribution is -2.43. The van der Waals surface area contributed by atoms with Crippen molar-refractivity contribution in [1.82, 2.24) is 9.97 Å². The third-order valence-corrected chi connectivity index (χ3v) is 3.53. The number of hydrogen-bond donors (Lipinski definition) is 1. The third kappa shape index (κ3) is 2.78. The van der Waals surface area contributed by atoms with Gasteiger partial charge >= 0.3 is 12.0 Å². The van der Waals surface area contributed by atoms with Crippen LogP contribution in [0.2, 0.25) is 5.02 Å². The Labute approximate surface area is 121 Å². The van der Waals surface area contributed by atoms with Crippen molar-refractivity contribution in [1.29, 1.82) is 0 Å². The Hall–Kier alpha value is -1.60. The Bertz CT molecular complexity index is 500. The average molecular weight is 302 g/mol. The quantitative estimate of drug-likeness (QED) is 0.870. The number of aliphatic carboxylic acids is 1. The fourth-order valence-electron chi connectivity index (χ4n) is 2.27. The predicted molar refractivity (Wildman–Crippen MR) is 72.3 cm³/mol. The minimum Gasteiger partial charge on any atom is -0.481 e. The second kappa shape index (κ2) is 6.23. The zero-order chi connectivity index (χ0) is 14.7. The number of carboxylic acid groups (broad SMARTS) is 1. The molecule has 2 unspecified atom stereocenters. The molecule has 2 atom stereocenters. The van der Waals surface area contributed by atoms with Crippen LogP contribution in [-0.4, -0.2) is 54.0 Å². The van der Waals surface area contributed by atoms with Gasteiger partial charge in [0, 0.05) is 6.54 Å². The van der Waals surface area contributed by atoms with E-state index in [9.17, 15) is 9.90 Å². The van der Waals surface area contributed by atoms with Crippen molar-refractivity contribution in [3.05, 3.63) is 11.2 Å². The molecule has 1 aliphatic heterocycles. The highest BCUT2D eigenvalue weighted by atomic mass is 35.5. The maximum absolute atomic E-state index is 11.3. The smallest absolute Gasteiger partial charge is 0.318 e. The van der Waals surface area contributed by atoms with E-state index in [-0.39, 0.29) is 18.7 Å². The second-order valence-corrected chi connectivity index (χ2v) is 4.77. The lowest BCUT2D eigenvalue weighted by molar-refractivity contribution is -0.141. The molecule has 2 heterocycles. The molecule has 110 valence electrons. The number of rotatable bonds is 5. The molecular weight excluding hydrogens is 286 g/mol. The minimum atomic E-state index is -0.886. The molecule has 7 nitrogen and oxygen atoms in total. The van der Waals surface area contributed by atoms with Crippen molar-refractivity contribution < 1.29 is 19.4 Å². The number of methoxy groups -OCH3 is 1. The van der Waals surface area contributed by atoms with E-state index in [1.165, 1.54) is 13.3 Å². The third-order valence-electron chi connectivity index (χ3n) is 3.27. The van der Waals surface area contributed by atoms with E-state index < -0.39 is 11.9 Å². The van der Waals surface area contributed by atoms with Gasteiger partial charge in [-0.3, -0.25) is 4.79 Å². The van der Waals surface area contributed by atoms with Gasteiger partial charge < -0.3 is 19.5 Å². The van der Waals surface area contributed by atoms with Crippen LogP contribution < -0.4 is 9.64 Å². The fraction of sp³-hybridized carbons (Fsp3) is 0.583. The highest BCUT2D eigenvalue weighted by molar-refractivity contribution is 6.32. The number of aromatic nitrogens is 2. The Balaban J connectivity index is 2.34. The molecule has 1 aromatic rings. The normalized spacial score (nSPS) is 21.8. The first-order chi connectivity index (χ1) is 9.58. The van der Waals surface area contributed by atoms with Crippen LogP contribution in [0.3, 0.4) is 0 Å². The molecular formula is C12H16ClN3O4. The Morgan fingerprint density at radius 3 is 3.00 bits per heavy atom. The van der Waals surface area contributed by atoms with E-state index in [0.717, 1.165) is 0 Å². The maximum Gasteiger partial charge on any atom is 0.318 e. The summed E-state index contributed by atoms with van der Waals surface area (Å²) in [7, 11) is 1.46. The molecule has 8 heteroatoms. The van der Waals surface area contributed by atoms with Gasteiger partial charge in [-0.05, 0) is 6.92 Å². The summed E-state index contributed by atoms with van der Waals surface area (Å²) in [5.41, 5.74) is 0. The van der Waals surface area contributed by atoms with Gasteiger partial charge in [-0.2, -0.15) is 4.98 Å². The maximum atomic E-state index is 11.3. The van der Waals surface area contributed by atoms with Gasteiger partial charge in [-0.1, -0.05) is 11.6 Å². The van der Waals surface area contributed by atoms with Gasteiger partial charge in [0.05, 0.1) is 32.6 Å². The summed E-state index contributed by atoms with van der Waals surface area (Å²) >= 11 is 6.12. The molecule has 0 spiro atoms. The molecule has 1 N–H and O–H groups in total. The first-order valence-corrected chi connectivity index (χ1v) is 6.60. The first kappa shape index (κ1) is 14.8. The first-order valence-electron chi connectivity index (χ1n) is 6.22. The van der Waals surface area contributed by atoms with Crippen molar-refractivity contribution in [2.24, 2.45) is 5.92 Å². The van der Waals surface area contributed by atoms with Crippen molar-refractivity contribution in [2.45, 2.75) is 13.0 Å². The lowest BCUT2D eigenvalue weighted by atomic mass is 10.0. The molecule has 1 aliphatic rings. The van der Waals surface area contributed by atoms with E-state index in [2.05, 4.69) is 9.97 Å². The van der Waals surface area contributed by atoms with E-state index in [1.54, 1.807) is 0 Å². The molecule has 0 saturated carbocycles. The molecule has 2 rings (SSSR count). The number of carbonyl (C=O) groups is 1. The second-order valence-electron chi connectivity index (χ2n) is 4.36. The van der Waals surface area contributed by atoms with Gasteiger partial charge in [0.25, 0.3) is 0 Å². The van der Waals surface area contributed by atoms with Crippen LogP contribution in [0.4, 0.5) is 5.82 Å². The molecule has 20 heavy (non-hydrogen) atoms. The number of hydrogen-bond acceptors (Lipinski definition) is 6. The molecule has 1 fully saturated rings. The molecule has 0 aromatic carbocycles. The minimum absolute atomic E-state index is 0.189. The molecule has 1 aromatic heterocycles.